The van der Waals surface area contributed by atoms with Crippen LogP contribution in [0.2, 0.25) is 0 Å². The van der Waals surface area contributed by atoms with E-state index in [-0.39, 0.29) is 6.04 Å². The average Bonchev–Trinajstić information content (AvgIpc) is 2.66. The van der Waals surface area contributed by atoms with Crippen LogP contribution in [0.25, 0.3) is 11.5 Å². The van der Waals surface area contributed by atoms with Gasteiger partial charge in [-0.15, -0.1) is 0 Å². The molecule has 0 radical (unpaired) electrons. The van der Waals surface area contributed by atoms with Crippen LogP contribution in [0.3, 0.4) is 0 Å². The van der Waals surface area contributed by atoms with Crippen LogP contribution < -0.4 is 4.90 Å². The molecule has 132 valence electrons. The molecule has 1 atom stereocenters. The van der Waals surface area contributed by atoms with Crippen molar-refractivity contribution in [1.82, 2.24) is 15.0 Å². The molecular formula is C19H16F2N4O. The van der Waals surface area contributed by atoms with E-state index in [1.807, 2.05) is 30.0 Å². The highest BCUT2D eigenvalue weighted by Crippen LogP contribution is 2.35. The number of aromatic hydroxyl groups is 1. The molecule has 1 unspecified atom stereocenters. The molecule has 1 N–H and O–H groups in total. The van der Waals surface area contributed by atoms with Gasteiger partial charge in [-0.05, 0) is 19.1 Å². The van der Waals surface area contributed by atoms with Gasteiger partial charge in [-0.1, -0.05) is 6.07 Å². The minimum atomic E-state index is -1.23. The lowest BCUT2D eigenvalue weighted by molar-refractivity contribution is 0.406. The Labute approximate surface area is 149 Å². The highest BCUT2D eigenvalue weighted by atomic mass is 19.2. The second-order valence-electron chi connectivity index (χ2n) is 6.19. The van der Waals surface area contributed by atoms with Crippen LogP contribution in [0.15, 0.2) is 42.7 Å². The molecule has 26 heavy (non-hydrogen) atoms. The molecule has 0 aliphatic carbocycles. The first-order valence-corrected chi connectivity index (χ1v) is 8.26. The van der Waals surface area contributed by atoms with Gasteiger partial charge in [0.25, 0.3) is 0 Å². The lowest BCUT2D eigenvalue weighted by atomic mass is 9.98. The first-order valence-electron chi connectivity index (χ1n) is 8.26. The van der Waals surface area contributed by atoms with Crippen molar-refractivity contribution in [3.63, 3.8) is 0 Å². The summed E-state index contributed by atoms with van der Waals surface area (Å²) in [4.78, 5) is 15.2. The monoisotopic (exact) mass is 354 g/mol. The molecule has 3 aromatic rings. The van der Waals surface area contributed by atoms with Gasteiger partial charge < -0.3 is 10.0 Å². The number of hydrogen-bond acceptors (Lipinski definition) is 5. The summed E-state index contributed by atoms with van der Waals surface area (Å²) in [5, 5.41) is 9.58. The van der Waals surface area contributed by atoms with Crippen molar-refractivity contribution >= 4 is 5.69 Å². The van der Waals surface area contributed by atoms with Crippen LogP contribution in [0.5, 0.6) is 5.75 Å². The normalized spacial score (nSPS) is 16.4. The number of anilines is 1. The Morgan fingerprint density at radius 2 is 2.04 bits per heavy atom. The Morgan fingerprint density at radius 3 is 2.77 bits per heavy atom. The quantitative estimate of drug-likeness (QED) is 0.761. The molecule has 1 aliphatic heterocycles. The number of hydrogen-bond donors (Lipinski definition) is 1. The molecule has 0 saturated carbocycles. The zero-order chi connectivity index (χ0) is 18.3. The number of phenols is 1. The van der Waals surface area contributed by atoms with Crippen molar-refractivity contribution in [3.05, 3.63) is 65.6 Å². The number of halogens is 2. The molecule has 3 heterocycles. The standard InChI is InChI=1S/C19H16F2N4O/c1-11-13-10-23-19(16-4-2-3-6-22-16)24-15(13)5-7-25(11)12-8-14(20)18(21)17(26)9-12/h2-4,6,8-11,26H,5,7H2,1H3. The van der Waals surface area contributed by atoms with Gasteiger partial charge in [0.2, 0.25) is 0 Å². The van der Waals surface area contributed by atoms with Gasteiger partial charge in [0.05, 0.1) is 11.7 Å². The van der Waals surface area contributed by atoms with E-state index >= 15 is 0 Å². The van der Waals surface area contributed by atoms with Gasteiger partial charge in [0.1, 0.15) is 5.69 Å². The fourth-order valence-electron chi connectivity index (χ4n) is 3.26. The van der Waals surface area contributed by atoms with Crippen molar-refractivity contribution in [3.8, 4) is 17.3 Å². The maximum Gasteiger partial charge on any atom is 0.200 e. The average molecular weight is 354 g/mol. The Morgan fingerprint density at radius 1 is 1.19 bits per heavy atom. The molecule has 5 nitrogen and oxygen atoms in total. The summed E-state index contributed by atoms with van der Waals surface area (Å²) in [5.41, 5.74) is 2.96. The third kappa shape index (κ3) is 2.75. The van der Waals surface area contributed by atoms with E-state index in [4.69, 9.17) is 0 Å². The fourth-order valence-corrected chi connectivity index (χ4v) is 3.26. The number of nitrogens with zero attached hydrogens (tertiary/aromatic N) is 4. The minimum Gasteiger partial charge on any atom is -0.505 e. The summed E-state index contributed by atoms with van der Waals surface area (Å²) >= 11 is 0. The lowest BCUT2D eigenvalue weighted by Crippen LogP contribution is -2.34. The molecule has 2 aromatic heterocycles. The van der Waals surface area contributed by atoms with E-state index < -0.39 is 17.4 Å². The molecular weight excluding hydrogens is 338 g/mol. The van der Waals surface area contributed by atoms with E-state index in [0.29, 0.717) is 30.2 Å². The molecule has 7 heteroatoms. The van der Waals surface area contributed by atoms with Crippen LogP contribution in [-0.4, -0.2) is 26.6 Å². The summed E-state index contributed by atoms with van der Waals surface area (Å²) in [6.45, 7) is 2.51. The molecule has 0 spiro atoms. The molecule has 0 fully saturated rings. The Kier molecular flexibility index (Phi) is 3.99. The smallest absolute Gasteiger partial charge is 0.200 e. The van der Waals surface area contributed by atoms with Crippen molar-refractivity contribution < 1.29 is 13.9 Å². The van der Waals surface area contributed by atoms with Crippen LogP contribution in [0.1, 0.15) is 24.2 Å². The van der Waals surface area contributed by atoms with Gasteiger partial charge in [0, 0.05) is 48.7 Å². The third-order valence-corrected chi connectivity index (χ3v) is 4.63. The van der Waals surface area contributed by atoms with E-state index in [9.17, 15) is 13.9 Å². The number of benzene rings is 1. The maximum absolute atomic E-state index is 13.7. The maximum atomic E-state index is 13.7. The van der Waals surface area contributed by atoms with Crippen molar-refractivity contribution in [2.75, 3.05) is 11.4 Å². The molecule has 1 aliphatic rings. The van der Waals surface area contributed by atoms with E-state index in [0.717, 1.165) is 17.3 Å². The topological polar surface area (TPSA) is 62.1 Å². The van der Waals surface area contributed by atoms with Crippen LogP contribution in [0.4, 0.5) is 14.5 Å². The Hall–Kier alpha value is -3.09. The minimum absolute atomic E-state index is 0.138. The van der Waals surface area contributed by atoms with E-state index in [1.165, 1.54) is 6.07 Å². The SMILES string of the molecule is CC1c2cnc(-c3ccccn3)nc2CCN1c1cc(O)c(F)c(F)c1. The van der Waals surface area contributed by atoms with Gasteiger partial charge >= 0.3 is 0 Å². The molecule has 0 amide bonds. The van der Waals surface area contributed by atoms with Gasteiger partial charge in [-0.25, -0.2) is 14.4 Å². The number of rotatable bonds is 2. The number of aromatic nitrogens is 3. The molecule has 4 rings (SSSR count). The molecule has 0 saturated heterocycles. The van der Waals surface area contributed by atoms with Gasteiger partial charge in [-0.2, -0.15) is 4.39 Å². The van der Waals surface area contributed by atoms with Crippen molar-refractivity contribution in [2.45, 2.75) is 19.4 Å². The highest BCUT2D eigenvalue weighted by molar-refractivity contribution is 5.56. The van der Waals surface area contributed by atoms with Crippen molar-refractivity contribution in [2.24, 2.45) is 0 Å². The second-order valence-corrected chi connectivity index (χ2v) is 6.19. The van der Waals surface area contributed by atoms with Crippen LogP contribution >= 0.6 is 0 Å². The predicted octanol–water partition coefficient (Wildman–Crippen LogP) is 3.65. The van der Waals surface area contributed by atoms with Crippen molar-refractivity contribution in [1.29, 1.82) is 0 Å². The fraction of sp³-hybridized carbons (Fsp3) is 0.211. The van der Waals surface area contributed by atoms with Gasteiger partial charge in [0.15, 0.2) is 23.2 Å². The highest BCUT2D eigenvalue weighted by Gasteiger charge is 2.27. The summed E-state index contributed by atoms with van der Waals surface area (Å²) in [6, 6.07) is 7.76. The summed E-state index contributed by atoms with van der Waals surface area (Å²) in [6.07, 6.45) is 4.07. The summed E-state index contributed by atoms with van der Waals surface area (Å²) in [5.74, 6) is -2.43. The largest absolute Gasteiger partial charge is 0.505 e. The van der Waals surface area contributed by atoms with E-state index in [1.54, 1.807) is 12.4 Å². The van der Waals surface area contributed by atoms with E-state index in [2.05, 4.69) is 15.0 Å². The zero-order valence-corrected chi connectivity index (χ0v) is 14.0. The predicted molar refractivity (Wildman–Crippen MR) is 92.8 cm³/mol. The lowest BCUT2D eigenvalue weighted by Gasteiger charge is -2.36. The first kappa shape index (κ1) is 16.4. The number of fused-ring (bicyclic) bond motifs is 1. The zero-order valence-electron chi connectivity index (χ0n) is 14.0. The molecule has 1 aromatic carbocycles. The van der Waals surface area contributed by atoms with Crippen LogP contribution in [0, 0.1) is 11.6 Å². The first-order chi connectivity index (χ1) is 12.5. The number of phenolic OH excluding ortho intramolecular Hbond substituents is 1. The summed E-state index contributed by atoms with van der Waals surface area (Å²) in [7, 11) is 0. The summed E-state index contributed by atoms with van der Waals surface area (Å²) < 4.78 is 27.0. The third-order valence-electron chi connectivity index (χ3n) is 4.63. The Balaban J connectivity index is 1.68. The van der Waals surface area contributed by atoms with Crippen LogP contribution in [-0.2, 0) is 6.42 Å². The second kappa shape index (κ2) is 6.33. The van der Waals surface area contributed by atoms with Gasteiger partial charge in [-0.3, -0.25) is 4.98 Å². The Bertz CT molecular complexity index is 942. The molecule has 0 bridgehead atoms. The number of pyridine rings is 1.